The fraction of sp³-hybridized carbons (Fsp3) is 0.400. The Morgan fingerprint density at radius 1 is 1.15 bits per heavy atom. The Morgan fingerprint density at radius 2 is 1.85 bits per heavy atom. The molecular weight excluding hydrogens is 188 g/mol. The van der Waals surface area contributed by atoms with E-state index in [0.29, 0.717) is 29.7 Å². The van der Waals surface area contributed by atoms with Crippen molar-refractivity contribution in [1.29, 1.82) is 0 Å². The summed E-state index contributed by atoms with van der Waals surface area (Å²) in [5.74, 6) is 1.34. The number of hydrogen-bond donors (Lipinski definition) is 0. The van der Waals surface area contributed by atoms with Gasteiger partial charge in [0, 0.05) is 0 Å². The van der Waals surface area contributed by atoms with Crippen molar-refractivity contribution >= 4 is 11.6 Å². The number of hydrogen-bond acceptors (Lipinski definition) is 2. The number of para-hydroxylation sites is 1. The van der Waals surface area contributed by atoms with Gasteiger partial charge in [0.1, 0.15) is 0 Å². The van der Waals surface area contributed by atoms with Gasteiger partial charge in [0.2, 0.25) is 0 Å². The Balaban J connectivity index is 2.95. The van der Waals surface area contributed by atoms with Gasteiger partial charge in [-0.2, -0.15) is 0 Å². The first-order chi connectivity index (χ1) is 6.29. The maximum Gasteiger partial charge on any atom is 0.179 e. The van der Waals surface area contributed by atoms with Crippen molar-refractivity contribution in [2.45, 2.75) is 13.8 Å². The quantitative estimate of drug-likeness (QED) is 0.744. The van der Waals surface area contributed by atoms with Crippen molar-refractivity contribution < 1.29 is 9.47 Å². The molecule has 0 saturated heterocycles. The Bertz CT molecular complexity index is 274. The zero-order chi connectivity index (χ0) is 9.68. The maximum absolute atomic E-state index is 5.94. The summed E-state index contributed by atoms with van der Waals surface area (Å²) in [6, 6.07) is 5.48. The lowest BCUT2D eigenvalue weighted by Gasteiger charge is -2.11. The van der Waals surface area contributed by atoms with Gasteiger partial charge in [-0.25, -0.2) is 0 Å². The van der Waals surface area contributed by atoms with Gasteiger partial charge in [0.25, 0.3) is 0 Å². The van der Waals surface area contributed by atoms with Crippen LogP contribution in [-0.2, 0) is 0 Å². The summed E-state index contributed by atoms with van der Waals surface area (Å²) in [4.78, 5) is 0. The predicted octanol–water partition coefficient (Wildman–Crippen LogP) is 3.14. The van der Waals surface area contributed by atoms with Crippen LogP contribution in [0.25, 0.3) is 0 Å². The van der Waals surface area contributed by atoms with Crippen LogP contribution in [0.5, 0.6) is 11.5 Å². The van der Waals surface area contributed by atoms with Crippen LogP contribution in [-0.4, -0.2) is 13.2 Å². The van der Waals surface area contributed by atoms with Crippen molar-refractivity contribution in [3.8, 4) is 11.5 Å². The summed E-state index contributed by atoms with van der Waals surface area (Å²) in [6.07, 6.45) is 0. The normalized spacial score (nSPS) is 9.77. The molecule has 13 heavy (non-hydrogen) atoms. The largest absolute Gasteiger partial charge is 0.490 e. The third-order valence-electron chi connectivity index (χ3n) is 1.52. The number of rotatable bonds is 4. The zero-order valence-electron chi connectivity index (χ0n) is 7.84. The van der Waals surface area contributed by atoms with Gasteiger partial charge in [-0.05, 0) is 26.0 Å². The summed E-state index contributed by atoms with van der Waals surface area (Å²) >= 11 is 5.94. The topological polar surface area (TPSA) is 18.5 Å². The summed E-state index contributed by atoms with van der Waals surface area (Å²) in [6.45, 7) is 5.04. The molecule has 0 aliphatic carbocycles. The van der Waals surface area contributed by atoms with E-state index in [4.69, 9.17) is 21.1 Å². The van der Waals surface area contributed by atoms with E-state index < -0.39 is 0 Å². The monoisotopic (exact) mass is 200 g/mol. The minimum atomic E-state index is 0.587. The molecule has 1 aromatic rings. The molecule has 0 atom stereocenters. The molecule has 0 amide bonds. The lowest BCUT2D eigenvalue weighted by molar-refractivity contribution is 0.288. The minimum Gasteiger partial charge on any atom is -0.490 e. The van der Waals surface area contributed by atoms with Crippen LogP contribution in [0.3, 0.4) is 0 Å². The first-order valence-electron chi connectivity index (χ1n) is 4.33. The Hall–Kier alpha value is -0.890. The Kier molecular flexibility index (Phi) is 3.90. The molecule has 0 saturated carbocycles. The lowest BCUT2D eigenvalue weighted by atomic mass is 10.3. The van der Waals surface area contributed by atoms with Gasteiger partial charge in [0.05, 0.1) is 18.2 Å². The molecule has 0 aromatic heterocycles. The molecule has 0 fully saturated rings. The number of halogens is 1. The summed E-state index contributed by atoms with van der Waals surface area (Å²) in [7, 11) is 0. The van der Waals surface area contributed by atoms with Crippen molar-refractivity contribution in [2.75, 3.05) is 13.2 Å². The SMILES string of the molecule is CCOc1cccc(Cl)c1OCC. The van der Waals surface area contributed by atoms with Crippen LogP contribution in [0.15, 0.2) is 18.2 Å². The van der Waals surface area contributed by atoms with Crippen LogP contribution in [0.4, 0.5) is 0 Å². The summed E-state index contributed by atoms with van der Waals surface area (Å²) < 4.78 is 10.7. The molecule has 1 rings (SSSR count). The van der Waals surface area contributed by atoms with E-state index >= 15 is 0 Å². The maximum atomic E-state index is 5.94. The smallest absolute Gasteiger partial charge is 0.179 e. The van der Waals surface area contributed by atoms with E-state index in [1.54, 1.807) is 6.07 Å². The average Bonchev–Trinajstić information content (AvgIpc) is 2.11. The van der Waals surface area contributed by atoms with E-state index in [-0.39, 0.29) is 0 Å². The van der Waals surface area contributed by atoms with Gasteiger partial charge in [-0.1, -0.05) is 17.7 Å². The third kappa shape index (κ3) is 2.52. The van der Waals surface area contributed by atoms with Crippen molar-refractivity contribution in [3.05, 3.63) is 23.2 Å². The number of benzene rings is 1. The molecule has 0 bridgehead atoms. The first-order valence-corrected chi connectivity index (χ1v) is 4.71. The van der Waals surface area contributed by atoms with Gasteiger partial charge in [-0.3, -0.25) is 0 Å². The molecule has 0 N–H and O–H groups in total. The standard InChI is InChI=1S/C10H13ClO2/c1-3-12-9-7-5-6-8(11)10(9)13-4-2/h5-7H,3-4H2,1-2H3. The molecule has 0 unspecified atom stereocenters. The van der Waals surface area contributed by atoms with Gasteiger partial charge in [0.15, 0.2) is 11.5 Å². The molecule has 0 heterocycles. The van der Waals surface area contributed by atoms with Crippen LogP contribution in [0.2, 0.25) is 5.02 Å². The highest BCUT2D eigenvalue weighted by Crippen LogP contribution is 2.34. The van der Waals surface area contributed by atoms with Crippen LogP contribution in [0, 0.1) is 0 Å². The molecule has 0 radical (unpaired) electrons. The van der Waals surface area contributed by atoms with Crippen molar-refractivity contribution in [2.24, 2.45) is 0 Å². The molecule has 3 heteroatoms. The fourth-order valence-electron chi connectivity index (χ4n) is 1.04. The lowest BCUT2D eigenvalue weighted by Crippen LogP contribution is -1.98. The van der Waals surface area contributed by atoms with Crippen molar-refractivity contribution in [3.63, 3.8) is 0 Å². The molecular formula is C10H13ClO2. The Labute approximate surface area is 83.4 Å². The second-order valence-electron chi connectivity index (χ2n) is 2.43. The van der Waals surface area contributed by atoms with Crippen LogP contribution >= 0.6 is 11.6 Å². The van der Waals surface area contributed by atoms with E-state index in [2.05, 4.69) is 0 Å². The molecule has 0 aliphatic heterocycles. The Morgan fingerprint density at radius 3 is 2.46 bits per heavy atom. The van der Waals surface area contributed by atoms with Gasteiger partial charge in [-0.15, -0.1) is 0 Å². The van der Waals surface area contributed by atoms with E-state index in [1.165, 1.54) is 0 Å². The van der Waals surface area contributed by atoms with Gasteiger partial charge >= 0.3 is 0 Å². The first kappa shape index (κ1) is 10.2. The highest BCUT2D eigenvalue weighted by atomic mass is 35.5. The molecule has 1 aromatic carbocycles. The molecule has 0 aliphatic rings. The predicted molar refractivity (Wildman–Crippen MR) is 53.8 cm³/mol. The molecule has 2 nitrogen and oxygen atoms in total. The van der Waals surface area contributed by atoms with E-state index in [9.17, 15) is 0 Å². The van der Waals surface area contributed by atoms with Crippen LogP contribution in [0.1, 0.15) is 13.8 Å². The minimum absolute atomic E-state index is 0.587. The second-order valence-corrected chi connectivity index (χ2v) is 2.84. The summed E-state index contributed by atoms with van der Waals surface area (Å²) in [5.41, 5.74) is 0. The van der Waals surface area contributed by atoms with Crippen LogP contribution < -0.4 is 9.47 Å². The third-order valence-corrected chi connectivity index (χ3v) is 1.82. The van der Waals surface area contributed by atoms with Gasteiger partial charge < -0.3 is 9.47 Å². The summed E-state index contributed by atoms with van der Waals surface area (Å²) in [5, 5.41) is 0.591. The van der Waals surface area contributed by atoms with E-state index in [0.717, 1.165) is 0 Å². The molecule has 0 spiro atoms. The number of ether oxygens (including phenoxy) is 2. The zero-order valence-corrected chi connectivity index (χ0v) is 8.60. The highest BCUT2D eigenvalue weighted by molar-refractivity contribution is 6.32. The molecule has 72 valence electrons. The van der Waals surface area contributed by atoms with Crippen molar-refractivity contribution in [1.82, 2.24) is 0 Å². The van der Waals surface area contributed by atoms with E-state index in [1.807, 2.05) is 26.0 Å². The second kappa shape index (κ2) is 4.97. The highest BCUT2D eigenvalue weighted by Gasteiger charge is 2.07. The average molecular weight is 201 g/mol. The fourth-order valence-corrected chi connectivity index (χ4v) is 1.26.